The van der Waals surface area contributed by atoms with E-state index < -0.39 is 0 Å². The maximum absolute atomic E-state index is 12.3. The molecule has 1 aromatic carbocycles. The van der Waals surface area contributed by atoms with Gasteiger partial charge in [-0.25, -0.2) is 4.98 Å². The van der Waals surface area contributed by atoms with Crippen LogP contribution in [-0.4, -0.2) is 22.8 Å². The molecule has 1 amide bonds. The molecule has 2 aromatic heterocycles. The number of carbonyl (C=O) groups excluding carboxylic acids is 1. The summed E-state index contributed by atoms with van der Waals surface area (Å²) in [6.45, 7) is 3.90. The summed E-state index contributed by atoms with van der Waals surface area (Å²) in [5, 5.41) is 3.96. The van der Waals surface area contributed by atoms with Crippen LogP contribution in [0.25, 0.3) is 17.0 Å². The second kappa shape index (κ2) is 6.38. The van der Waals surface area contributed by atoms with Crippen LogP contribution in [0.15, 0.2) is 46.2 Å². The summed E-state index contributed by atoms with van der Waals surface area (Å²) >= 11 is 1.57. The van der Waals surface area contributed by atoms with Gasteiger partial charge in [0.15, 0.2) is 0 Å². The molecule has 1 unspecified atom stereocenters. The molecule has 2 heterocycles. The molecule has 3 aromatic rings. The number of hydrogen-bond donors (Lipinski definition) is 0. The molecule has 0 radical (unpaired) electrons. The normalized spacial score (nSPS) is 12.8. The van der Waals surface area contributed by atoms with Gasteiger partial charge in [0.25, 0.3) is 0 Å². The van der Waals surface area contributed by atoms with Crippen molar-refractivity contribution in [2.45, 2.75) is 19.9 Å². The Bertz CT molecular complexity index is 830. The number of benzene rings is 1. The van der Waals surface area contributed by atoms with Crippen molar-refractivity contribution in [1.82, 2.24) is 9.88 Å². The third kappa shape index (κ3) is 3.35. The van der Waals surface area contributed by atoms with Gasteiger partial charge in [0.05, 0.1) is 16.7 Å². The molecule has 118 valence electrons. The minimum atomic E-state index is -0.142. The number of carbonyl (C=O) groups is 1. The average Bonchev–Trinajstić information content (AvgIpc) is 3.16. The number of nitrogens with zero attached hydrogens (tertiary/aromatic N) is 2. The van der Waals surface area contributed by atoms with E-state index in [2.05, 4.69) is 4.98 Å². The SMILES string of the molecule is Cc1nc(/C=C/C(=O)N(C)C(C)c2cc3ccccc3o2)cs1. The monoisotopic (exact) mass is 326 g/mol. The minimum absolute atomic E-state index is 0.0800. The molecule has 0 aliphatic heterocycles. The summed E-state index contributed by atoms with van der Waals surface area (Å²) in [6.07, 6.45) is 3.29. The summed E-state index contributed by atoms with van der Waals surface area (Å²) < 4.78 is 5.84. The van der Waals surface area contributed by atoms with Gasteiger partial charge in [0.2, 0.25) is 5.91 Å². The van der Waals surface area contributed by atoms with E-state index in [9.17, 15) is 4.79 Å². The number of amides is 1. The van der Waals surface area contributed by atoms with Crippen LogP contribution in [-0.2, 0) is 4.79 Å². The van der Waals surface area contributed by atoms with Crippen LogP contribution in [0.4, 0.5) is 0 Å². The van der Waals surface area contributed by atoms with E-state index in [1.165, 1.54) is 0 Å². The number of aromatic nitrogens is 1. The summed E-state index contributed by atoms with van der Waals surface area (Å²) in [5.41, 5.74) is 1.65. The predicted molar refractivity (Wildman–Crippen MR) is 93.3 cm³/mol. The van der Waals surface area contributed by atoms with Gasteiger partial charge in [0.1, 0.15) is 11.3 Å². The van der Waals surface area contributed by atoms with Crippen molar-refractivity contribution in [1.29, 1.82) is 0 Å². The molecule has 0 saturated heterocycles. The Kier molecular flexibility index (Phi) is 4.30. The van der Waals surface area contributed by atoms with Gasteiger partial charge >= 0.3 is 0 Å². The number of hydrogen-bond acceptors (Lipinski definition) is 4. The zero-order valence-corrected chi connectivity index (χ0v) is 14.1. The largest absolute Gasteiger partial charge is 0.459 e. The zero-order chi connectivity index (χ0) is 16.4. The van der Waals surface area contributed by atoms with Gasteiger partial charge in [-0.3, -0.25) is 4.79 Å². The van der Waals surface area contributed by atoms with Gasteiger partial charge in [-0.2, -0.15) is 0 Å². The van der Waals surface area contributed by atoms with Gasteiger partial charge in [-0.1, -0.05) is 18.2 Å². The number of aryl methyl sites for hydroxylation is 1. The summed E-state index contributed by atoms with van der Waals surface area (Å²) in [6, 6.07) is 9.68. The lowest BCUT2D eigenvalue weighted by Gasteiger charge is -2.21. The zero-order valence-electron chi connectivity index (χ0n) is 13.3. The molecule has 0 fully saturated rings. The molecular weight excluding hydrogens is 308 g/mol. The molecule has 0 N–H and O–H groups in total. The van der Waals surface area contributed by atoms with E-state index in [-0.39, 0.29) is 11.9 Å². The second-order valence-electron chi connectivity index (χ2n) is 5.44. The Morgan fingerprint density at radius 1 is 1.39 bits per heavy atom. The standard InChI is InChI=1S/C18H18N2O2S/c1-12(17-10-14-6-4-5-7-16(14)22-17)20(3)18(21)9-8-15-11-23-13(2)19-15/h4-12H,1-3H3/b9-8+. The van der Waals surface area contributed by atoms with E-state index in [0.717, 1.165) is 27.4 Å². The molecular formula is C18H18N2O2S. The number of para-hydroxylation sites is 1. The Hall–Kier alpha value is -2.40. The van der Waals surface area contributed by atoms with Gasteiger partial charge in [-0.15, -0.1) is 11.3 Å². The van der Waals surface area contributed by atoms with Crippen LogP contribution >= 0.6 is 11.3 Å². The van der Waals surface area contributed by atoms with Crippen LogP contribution in [0.2, 0.25) is 0 Å². The molecule has 4 nitrogen and oxygen atoms in total. The Morgan fingerprint density at radius 2 is 2.17 bits per heavy atom. The first-order valence-corrected chi connectivity index (χ1v) is 8.28. The lowest BCUT2D eigenvalue weighted by atomic mass is 10.2. The third-order valence-corrected chi connectivity index (χ3v) is 4.61. The van der Waals surface area contributed by atoms with Crippen molar-refractivity contribution in [2.75, 3.05) is 7.05 Å². The smallest absolute Gasteiger partial charge is 0.246 e. The predicted octanol–water partition coefficient (Wildman–Crippen LogP) is 4.43. The molecule has 3 rings (SSSR count). The number of fused-ring (bicyclic) bond motifs is 1. The number of likely N-dealkylation sites (N-methyl/N-ethyl adjacent to an activating group) is 1. The fourth-order valence-electron chi connectivity index (χ4n) is 2.32. The Labute approximate surface area is 139 Å². The molecule has 0 saturated carbocycles. The van der Waals surface area contributed by atoms with Crippen molar-refractivity contribution in [2.24, 2.45) is 0 Å². The first kappa shape index (κ1) is 15.5. The highest BCUT2D eigenvalue weighted by atomic mass is 32.1. The van der Waals surface area contributed by atoms with Crippen LogP contribution in [0.3, 0.4) is 0 Å². The van der Waals surface area contributed by atoms with Crippen molar-refractivity contribution in [3.63, 3.8) is 0 Å². The lowest BCUT2D eigenvalue weighted by Crippen LogP contribution is -2.27. The lowest BCUT2D eigenvalue weighted by molar-refractivity contribution is -0.126. The molecule has 0 spiro atoms. The molecule has 5 heteroatoms. The first-order valence-electron chi connectivity index (χ1n) is 7.40. The van der Waals surface area contributed by atoms with Gasteiger partial charge < -0.3 is 9.32 Å². The molecule has 0 aliphatic rings. The average molecular weight is 326 g/mol. The van der Waals surface area contributed by atoms with Crippen molar-refractivity contribution >= 4 is 34.3 Å². The van der Waals surface area contributed by atoms with E-state index in [1.54, 1.807) is 35.4 Å². The van der Waals surface area contributed by atoms with Crippen molar-refractivity contribution in [3.8, 4) is 0 Å². The van der Waals surface area contributed by atoms with Crippen molar-refractivity contribution < 1.29 is 9.21 Å². The number of rotatable bonds is 4. The fraction of sp³-hybridized carbons (Fsp3) is 0.222. The van der Waals surface area contributed by atoms with E-state index in [0.29, 0.717) is 0 Å². The number of furan rings is 1. The maximum Gasteiger partial charge on any atom is 0.246 e. The van der Waals surface area contributed by atoms with Gasteiger partial charge in [0, 0.05) is 23.9 Å². The Morgan fingerprint density at radius 3 is 2.87 bits per heavy atom. The highest BCUT2D eigenvalue weighted by molar-refractivity contribution is 7.09. The third-order valence-electron chi connectivity index (χ3n) is 3.82. The summed E-state index contributed by atoms with van der Waals surface area (Å²) in [5.74, 6) is 0.698. The molecule has 0 bridgehead atoms. The first-order chi connectivity index (χ1) is 11.0. The van der Waals surface area contributed by atoms with Gasteiger partial charge in [-0.05, 0) is 32.1 Å². The number of thiazole rings is 1. The van der Waals surface area contributed by atoms with Crippen LogP contribution in [0.1, 0.15) is 29.4 Å². The molecule has 0 aliphatic carbocycles. The van der Waals surface area contributed by atoms with E-state index in [4.69, 9.17) is 4.42 Å². The minimum Gasteiger partial charge on any atom is -0.459 e. The molecule has 1 atom stereocenters. The van der Waals surface area contributed by atoms with E-state index >= 15 is 0 Å². The Balaban J connectivity index is 1.74. The van der Waals surface area contributed by atoms with Crippen molar-refractivity contribution in [3.05, 3.63) is 58.2 Å². The maximum atomic E-state index is 12.3. The highest BCUT2D eigenvalue weighted by Crippen LogP contribution is 2.26. The van der Waals surface area contributed by atoms with Crippen LogP contribution in [0.5, 0.6) is 0 Å². The topological polar surface area (TPSA) is 46.3 Å². The van der Waals surface area contributed by atoms with Crippen LogP contribution < -0.4 is 0 Å². The highest BCUT2D eigenvalue weighted by Gasteiger charge is 2.19. The second-order valence-corrected chi connectivity index (χ2v) is 6.50. The molecule has 23 heavy (non-hydrogen) atoms. The van der Waals surface area contributed by atoms with Crippen LogP contribution in [0, 0.1) is 6.92 Å². The fourth-order valence-corrected chi connectivity index (χ4v) is 2.90. The summed E-state index contributed by atoms with van der Waals surface area (Å²) in [7, 11) is 1.77. The van der Waals surface area contributed by atoms with E-state index in [1.807, 2.05) is 49.6 Å². The quantitative estimate of drug-likeness (QED) is 0.666. The summed E-state index contributed by atoms with van der Waals surface area (Å²) in [4.78, 5) is 18.3.